The second-order valence-electron chi connectivity index (χ2n) is 2.34. The zero-order valence-corrected chi connectivity index (χ0v) is 6.28. The maximum absolute atomic E-state index is 9.94. The average Bonchev–Trinajstić information content (AvgIpc) is 2.09. The average molecular weight is 162 g/mol. The minimum absolute atomic E-state index is 0.315. The Morgan fingerprint density at radius 2 is 1.42 bits per heavy atom. The highest BCUT2D eigenvalue weighted by Crippen LogP contribution is 2.13. The van der Waals surface area contributed by atoms with Gasteiger partial charge in [-0.25, -0.2) is 9.59 Å². The Kier molecular flexibility index (Phi) is 2.98. The SMILES string of the molecule is O=C=NC1CC#CCC1N=C=O. The van der Waals surface area contributed by atoms with Crippen LogP contribution in [-0.2, 0) is 9.59 Å². The molecule has 2 atom stereocenters. The van der Waals surface area contributed by atoms with Crippen molar-refractivity contribution in [3.63, 3.8) is 0 Å². The third-order valence-electron chi connectivity index (χ3n) is 1.63. The molecule has 0 aromatic heterocycles. The van der Waals surface area contributed by atoms with Crippen molar-refractivity contribution in [3.8, 4) is 11.8 Å². The van der Waals surface area contributed by atoms with Crippen LogP contribution >= 0.6 is 0 Å². The fourth-order valence-corrected chi connectivity index (χ4v) is 1.02. The van der Waals surface area contributed by atoms with Gasteiger partial charge in [-0.1, -0.05) is 0 Å². The molecule has 4 heteroatoms. The molecule has 0 N–H and O–H groups in total. The summed E-state index contributed by atoms with van der Waals surface area (Å²) in [6.45, 7) is 0. The van der Waals surface area contributed by atoms with E-state index in [-0.39, 0.29) is 12.1 Å². The van der Waals surface area contributed by atoms with E-state index in [4.69, 9.17) is 0 Å². The highest BCUT2D eigenvalue weighted by Gasteiger charge is 2.21. The summed E-state index contributed by atoms with van der Waals surface area (Å²) >= 11 is 0. The summed E-state index contributed by atoms with van der Waals surface area (Å²) in [5.74, 6) is 5.59. The third kappa shape index (κ3) is 1.90. The maximum Gasteiger partial charge on any atom is 0.235 e. The van der Waals surface area contributed by atoms with Crippen LogP contribution in [0.4, 0.5) is 0 Å². The normalized spacial score (nSPS) is 25.7. The molecule has 0 saturated carbocycles. The lowest BCUT2D eigenvalue weighted by Crippen LogP contribution is -2.24. The van der Waals surface area contributed by atoms with E-state index in [1.165, 1.54) is 12.2 Å². The van der Waals surface area contributed by atoms with Gasteiger partial charge in [-0.3, -0.25) is 0 Å². The number of hydrogen-bond acceptors (Lipinski definition) is 4. The molecule has 0 radical (unpaired) electrons. The number of hydrogen-bond donors (Lipinski definition) is 0. The van der Waals surface area contributed by atoms with E-state index in [1.54, 1.807) is 0 Å². The highest BCUT2D eigenvalue weighted by molar-refractivity contribution is 5.37. The van der Waals surface area contributed by atoms with Gasteiger partial charge in [0.05, 0.1) is 12.1 Å². The van der Waals surface area contributed by atoms with Crippen molar-refractivity contribution in [3.05, 3.63) is 0 Å². The van der Waals surface area contributed by atoms with Gasteiger partial charge in [-0.05, 0) is 0 Å². The summed E-state index contributed by atoms with van der Waals surface area (Å²) in [5, 5.41) is 0. The van der Waals surface area contributed by atoms with E-state index in [1.807, 2.05) is 0 Å². The molecule has 1 rings (SSSR count). The molecule has 0 amide bonds. The van der Waals surface area contributed by atoms with E-state index in [9.17, 15) is 9.59 Å². The molecule has 0 spiro atoms. The first-order valence-electron chi connectivity index (χ1n) is 3.48. The Bertz CT molecular complexity index is 284. The van der Waals surface area contributed by atoms with E-state index in [0.717, 1.165) is 0 Å². The van der Waals surface area contributed by atoms with Crippen LogP contribution in [0.3, 0.4) is 0 Å². The van der Waals surface area contributed by atoms with Crippen LogP contribution in [0.5, 0.6) is 0 Å². The van der Waals surface area contributed by atoms with E-state index >= 15 is 0 Å². The Morgan fingerprint density at radius 1 is 1.00 bits per heavy atom. The summed E-state index contributed by atoms with van der Waals surface area (Å²) in [4.78, 5) is 26.9. The van der Waals surface area contributed by atoms with Gasteiger partial charge < -0.3 is 0 Å². The molecule has 0 bridgehead atoms. The smallest absolute Gasteiger partial charge is 0.211 e. The van der Waals surface area contributed by atoms with Gasteiger partial charge in [0.25, 0.3) is 0 Å². The molecule has 4 nitrogen and oxygen atoms in total. The van der Waals surface area contributed by atoms with Crippen molar-refractivity contribution < 1.29 is 9.59 Å². The predicted octanol–water partition coefficient (Wildman–Crippen LogP) is 0.192. The summed E-state index contributed by atoms with van der Waals surface area (Å²) in [5.41, 5.74) is 0. The Morgan fingerprint density at radius 3 is 1.75 bits per heavy atom. The van der Waals surface area contributed by atoms with E-state index in [0.29, 0.717) is 12.8 Å². The third-order valence-corrected chi connectivity index (χ3v) is 1.63. The number of nitrogens with zero attached hydrogens (tertiary/aromatic N) is 2. The topological polar surface area (TPSA) is 58.9 Å². The van der Waals surface area contributed by atoms with Crippen LogP contribution in [0.2, 0.25) is 0 Å². The molecule has 0 saturated heterocycles. The molecular formula is C8H6N2O2. The standard InChI is InChI=1S/C8H6N2O2/c11-5-9-7-3-1-2-4-8(7)10-6-12/h7-8H,3-4H2. The van der Waals surface area contributed by atoms with Crippen LogP contribution in [0.15, 0.2) is 9.98 Å². The van der Waals surface area contributed by atoms with Crippen molar-refractivity contribution in [2.75, 3.05) is 0 Å². The van der Waals surface area contributed by atoms with Gasteiger partial charge in [0.1, 0.15) is 0 Å². The first-order valence-corrected chi connectivity index (χ1v) is 3.48. The zero-order valence-electron chi connectivity index (χ0n) is 6.28. The monoisotopic (exact) mass is 162 g/mol. The second-order valence-corrected chi connectivity index (χ2v) is 2.34. The van der Waals surface area contributed by atoms with Gasteiger partial charge in [-0.2, -0.15) is 9.98 Å². The number of aliphatic imine (C=N–C) groups is 2. The number of rotatable bonds is 2. The highest BCUT2D eigenvalue weighted by atomic mass is 16.1. The molecule has 1 aliphatic rings. The van der Waals surface area contributed by atoms with Gasteiger partial charge >= 0.3 is 0 Å². The summed E-state index contributed by atoms with van der Waals surface area (Å²) < 4.78 is 0. The first-order chi connectivity index (χ1) is 5.88. The summed E-state index contributed by atoms with van der Waals surface area (Å²) in [7, 11) is 0. The number of carbonyl (C=O) groups excluding carboxylic acids is 2. The van der Waals surface area contributed by atoms with Gasteiger partial charge in [-0.15, -0.1) is 11.8 Å². The molecule has 2 unspecified atom stereocenters. The molecule has 1 aliphatic carbocycles. The lowest BCUT2D eigenvalue weighted by atomic mass is 9.99. The molecule has 0 aliphatic heterocycles. The fraction of sp³-hybridized carbons (Fsp3) is 0.500. The first kappa shape index (κ1) is 8.42. The van der Waals surface area contributed by atoms with Gasteiger partial charge in [0.2, 0.25) is 12.2 Å². The van der Waals surface area contributed by atoms with Gasteiger partial charge in [0.15, 0.2) is 0 Å². The van der Waals surface area contributed by atoms with Crippen LogP contribution in [-0.4, -0.2) is 24.2 Å². The summed E-state index contributed by atoms with van der Waals surface area (Å²) in [6, 6.07) is -0.629. The Balaban J connectivity index is 2.78. The maximum atomic E-state index is 9.94. The van der Waals surface area contributed by atoms with Crippen molar-refractivity contribution >= 4 is 12.2 Å². The molecule has 12 heavy (non-hydrogen) atoms. The lowest BCUT2D eigenvalue weighted by molar-refractivity contribution is 0.508. The molecule has 0 aromatic rings. The van der Waals surface area contributed by atoms with Crippen LogP contribution in [0.1, 0.15) is 12.8 Å². The fourth-order valence-electron chi connectivity index (χ4n) is 1.02. The van der Waals surface area contributed by atoms with Crippen molar-refractivity contribution in [2.45, 2.75) is 24.9 Å². The van der Waals surface area contributed by atoms with E-state index in [2.05, 4.69) is 21.8 Å². The quantitative estimate of drug-likeness (QED) is 0.330. The summed E-state index contributed by atoms with van der Waals surface area (Å²) in [6.07, 6.45) is 3.81. The van der Waals surface area contributed by atoms with Gasteiger partial charge in [0, 0.05) is 12.8 Å². The van der Waals surface area contributed by atoms with Crippen LogP contribution < -0.4 is 0 Å². The van der Waals surface area contributed by atoms with Crippen molar-refractivity contribution in [1.82, 2.24) is 0 Å². The Labute approximate surface area is 69.4 Å². The lowest BCUT2D eigenvalue weighted by Gasteiger charge is -2.15. The minimum Gasteiger partial charge on any atom is -0.211 e. The van der Waals surface area contributed by atoms with Crippen molar-refractivity contribution in [1.29, 1.82) is 0 Å². The molecule has 0 aromatic carbocycles. The molecule has 60 valence electrons. The predicted molar refractivity (Wildman–Crippen MR) is 40.8 cm³/mol. The Hall–Kier alpha value is -1.68. The van der Waals surface area contributed by atoms with E-state index < -0.39 is 0 Å². The zero-order chi connectivity index (χ0) is 8.81. The largest absolute Gasteiger partial charge is 0.235 e. The molecule has 0 heterocycles. The second kappa shape index (κ2) is 4.25. The van der Waals surface area contributed by atoms with Crippen LogP contribution in [0.25, 0.3) is 0 Å². The molecule has 0 fully saturated rings. The molecular weight excluding hydrogens is 156 g/mol. The van der Waals surface area contributed by atoms with Crippen molar-refractivity contribution in [2.24, 2.45) is 9.98 Å². The number of isocyanates is 2. The van der Waals surface area contributed by atoms with Crippen LogP contribution in [0, 0.1) is 11.8 Å². The minimum atomic E-state index is -0.315.